The second-order valence-electron chi connectivity index (χ2n) is 7.79. The SMILES string of the molecule is COc1cccc(C(C)N2CCN(C(=O)Cn3c(=O)n(C)c4ccccc43)CC2)c1. The van der Waals surface area contributed by atoms with Gasteiger partial charge in [-0.25, -0.2) is 4.79 Å². The first kappa shape index (κ1) is 20.2. The number of rotatable bonds is 5. The number of carbonyl (C=O) groups is 1. The van der Waals surface area contributed by atoms with E-state index in [1.807, 2.05) is 41.3 Å². The van der Waals surface area contributed by atoms with Gasteiger partial charge in [0.1, 0.15) is 12.3 Å². The van der Waals surface area contributed by atoms with E-state index in [9.17, 15) is 9.59 Å². The second kappa shape index (κ2) is 8.36. The topological polar surface area (TPSA) is 59.7 Å². The largest absolute Gasteiger partial charge is 0.497 e. The maximum Gasteiger partial charge on any atom is 0.329 e. The van der Waals surface area contributed by atoms with Crippen LogP contribution in [0.15, 0.2) is 53.3 Å². The first-order chi connectivity index (χ1) is 14.5. The van der Waals surface area contributed by atoms with Crippen LogP contribution < -0.4 is 10.4 Å². The molecule has 158 valence electrons. The third-order valence-electron chi connectivity index (χ3n) is 6.14. The van der Waals surface area contributed by atoms with Gasteiger partial charge in [0.2, 0.25) is 5.91 Å². The number of hydrogen-bond donors (Lipinski definition) is 0. The number of ether oxygens (including phenoxy) is 1. The van der Waals surface area contributed by atoms with Crippen LogP contribution in [0.25, 0.3) is 11.0 Å². The summed E-state index contributed by atoms with van der Waals surface area (Å²) in [5.74, 6) is 0.843. The Morgan fingerprint density at radius 1 is 1.03 bits per heavy atom. The number of nitrogens with zero attached hydrogens (tertiary/aromatic N) is 4. The molecule has 2 aromatic carbocycles. The van der Waals surface area contributed by atoms with Gasteiger partial charge in [0, 0.05) is 39.3 Å². The van der Waals surface area contributed by atoms with Gasteiger partial charge in [0.25, 0.3) is 0 Å². The van der Waals surface area contributed by atoms with E-state index in [1.54, 1.807) is 23.3 Å². The summed E-state index contributed by atoms with van der Waals surface area (Å²) in [5.41, 5.74) is 2.68. The van der Waals surface area contributed by atoms with Crippen LogP contribution in [0.4, 0.5) is 0 Å². The van der Waals surface area contributed by atoms with Crippen LogP contribution in [0, 0.1) is 0 Å². The van der Waals surface area contributed by atoms with Gasteiger partial charge in [-0.1, -0.05) is 24.3 Å². The third kappa shape index (κ3) is 3.73. The molecular formula is C23H28N4O3. The number of benzene rings is 2. The highest BCUT2D eigenvalue weighted by atomic mass is 16.5. The summed E-state index contributed by atoms with van der Waals surface area (Å²) in [4.78, 5) is 29.8. The van der Waals surface area contributed by atoms with Crippen molar-refractivity contribution in [1.29, 1.82) is 0 Å². The van der Waals surface area contributed by atoms with Crippen molar-refractivity contribution in [3.05, 3.63) is 64.6 Å². The number of carbonyl (C=O) groups excluding carboxylic acids is 1. The van der Waals surface area contributed by atoms with Crippen LogP contribution in [0.3, 0.4) is 0 Å². The summed E-state index contributed by atoms with van der Waals surface area (Å²) >= 11 is 0. The molecule has 1 saturated heterocycles. The molecule has 1 aliphatic rings. The summed E-state index contributed by atoms with van der Waals surface area (Å²) in [6, 6.07) is 16.0. The van der Waals surface area contributed by atoms with Gasteiger partial charge in [-0.3, -0.25) is 18.8 Å². The number of para-hydroxylation sites is 2. The van der Waals surface area contributed by atoms with Crippen molar-refractivity contribution in [2.24, 2.45) is 7.05 Å². The minimum atomic E-state index is -0.158. The fraction of sp³-hybridized carbons (Fsp3) is 0.391. The lowest BCUT2D eigenvalue weighted by Gasteiger charge is -2.38. The van der Waals surface area contributed by atoms with Gasteiger partial charge in [-0.05, 0) is 36.8 Å². The Kier molecular flexibility index (Phi) is 5.63. The molecule has 1 amide bonds. The van der Waals surface area contributed by atoms with Crippen LogP contribution in [0.2, 0.25) is 0 Å². The molecule has 1 atom stereocenters. The fourth-order valence-electron chi connectivity index (χ4n) is 4.22. The van der Waals surface area contributed by atoms with Crippen molar-refractivity contribution in [3.63, 3.8) is 0 Å². The molecule has 0 bridgehead atoms. The first-order valence-corrected chi connectivity index (χ1v) is 10.3. The number of fused-ring (bicyclic) bond motifs is 1. The number of hydrogen-bond acceptors (Lipinski definition) is 4. The Balaban J connectivity index is 1.41. The third-order valence-corrected chi connectivity index (χ3v) is 6.14. The van der Waals surface area contributed by atoms with Crippen molar-refractivity contribution in [2.75, 3.05) is 33.3 Å². The Morgan fingerprint density at radius 3 is 2.43 bits per heavy atom. The number of imidazole rings is 1. The van der Waals surface area contributed by atoms with E-state index >= 15 is 0 Å². The minimum absolute atomic E-state index is 0.0119. The predicted octanol–water partition coefficient (Wildman–Crippen LogP) is 2.25. The Morgan fingerprint density at radius 2 is 1.73 bits per heavy atom. The Hall–Kier alpha value is -3.06. The van der Waals surface area contributed by atoms with Crippen LogP contribution in [-0.4, -0.2) is 58.1 Å². The first-order valence-electron chi connectivity index (χ1n) is 10.3. The van der Waals surface area contributed by atoms with E-state index < -0.39 is 0 Å². The molecule has 1 unspecified atom stereocenters. The van der Waals surface area contributed by atoms with Gasteiger partial charge in [-0.15, -0.1) is 0 Å². The predicted molar refractivity (Wildman–Crippen MR) is 117 cm³/mol. The normalized spacial score (nSPS) is 16.0. The zero-order chi connectivity index (χ0) is 21.3. The van der Waals surface area contributed by atoms with Crippen molar-refractivity contribution < 1.29 is 9.53 Å². The lowest BCUT2D eigenvalue weighted by atomic mass is 10.1. The van der Waals surface area contributed by atoms with Gasteiger partial charge < -0.3 is 9.64 Å². The molecule has 30 heavy (non-hydrogen) atoms. The summed E-state index contributed by atoms with van der Waals surface area (Å²) < 4.78 is 8.50. The minimum Gasteiger partial charge on any atom is -0.497 e. The van der Waals surface area contributed by atoms with E-state index in [0.717, 1.165) is 29.9 Å². The average molecular weight is 409 g/mol. The van der Waals surface area contributed by atoms with Crippen molar-refractivity contribution in [2.45, 2.75) is 19.5 Å². The molecule has 4 rings (SSSR count). The molecule has 0 aliphatic carbocycles. The average Bonchev–Trinajstić information content (AvgIpc) is 3.03. The van der Waals surface area contributed by atoms with Gasteiger partial charge in [-0.2, -0.15) is 0 Å². The highest BCUT2D eigenvalue weighted by molar-refractivity contribution is 5.81. The van der Waals surface area contributed by atoms with E-state index in [0.29, 0.717) is 13.1 Å². The molecular weight excluding hydrogens is 380 g/mol. The second-order valence-corrected chi connectivity index (χ2v) is 7.79. The van der Waals surface area contributed by atoms with E-state index in [1.165, 1.54) is 5.56 Å². The van der Waals surface area contributed by atoms with E-state index in [4.69, 9.17) is 4.74 Å². The summed E-state index contributed by atoms with van der Waals surface area (Å²) in [7, 11) is 3.42. The van der Waals surface area contributed by atoms with Gasteiger partial charge >= 0.3 is 5.69 Å². The van der Waals surface area contributed by atoms with Gasteiger partial charge in [0.15, 0.2) is 0 Å². The molecule has 0 saturated carbocycles. The standard InChI is InChI=1S/C23H28N4O3/c1-17(18-7-6-8-19(15-18)30-3)25-11-13-26(14-12-25)22(28)16-27-21-10-5-4-9-20(21)24(2)23(27)29/h4-10,15,17H,11-14,16H2,1-3H3. The van der Waals surface area contributed by atoms with Gasteiger partial charge in [0.05, 0.1) is 18.1 Å². The molecule has 3 aromatic rings. The Bertz CT molecular complexity index is 1110. The molecule has 0 N–H and O–H groups in total. The maximum atomic E-state index is 12.9. The van der Waals surface area contributed by atoms with Crippen LogP contribution in [-0.2, 0) is 18.4 Å². The Labute approximate surface area is 176 Å². The van der Waals surface area contributed by atoms with Crippen LogP contribution in [0.1, 0.15) is 18.5 Å². The zero-order valence-corrected chi connectivity index (χ0v) is 17.7. The van der Waals surface area contributed by atoms with Crippen molar-refractivity contribution in [1.82, 2.24) is 18.9 Å². The molecule has 7 nitrogen and oxygen atoms in total. The fourth-order valence-corrected chi connectivity index (χ4v) is 4.22. The van der Waals surface area contributed by atoms with Crippen LogP contribution in [0.5, 0.6) is 5.75 Å². The highest BCUT2D eigenvalue weighted by Gasteiger charge is 2.26. The number of aryl methyl sites for hydroxylation is 1. The summed E-state index contributed by atoms with van der Waals surface area (Å²) in [6.07, 6.45) is 0. The maximum absolute atomic E-state index is 12.9. The monoisotopic (exact) mass is 408 g/mol. The summed E-state index contributed by atoms with van der Waals surface area (Å²) in [5, 5.41) is 0. The highest BCUT2D eigenvalue weighted by Crippen LogP contribution is 2.25. The van der Waals surface area contributed by atoms with E-state index in [2.05, 4.69) is 24.0 Å². The molecule has 0 spiro atoms. The number of methoxy groups -OCH3 is 1. The quantitative estimate of drug-likeness (QED) is 0.650. The zero-order valence-electron chi connectivity index (χ0n) is 17.7. The molecule has 1 fully saturated rings. The number of aromatic nitrogens is 2. The molecule has 7 heteroatoms. The number of piperazine rings is 1. The van der Waals surface area contributed by atoms with Crippen molar-refractivity contribution in [3.8, 4) is 5.75 Å². The lowest BCUT2D eigenvalue weighted by Crippen LogP contribution is -2.50. The molecule has 1 aromatic heterocycles. The van der Waals surface area contributed by atoms with Crippen molar-refractivity contribution >= 4 is 16.9 Å². The lowest BCUT2D eigenvalue weighted by molar-refractivity contribution is -0.133. The molecule has 2 heterocycles. The van der Waals surface area contributed by atoms with E-state index in [-0.39, 0.29) is 24.2 Å². The number of amides is 1. The summed E-state index contributed by atoms with van der Waals surface area (Å²) in [6.45, 7) is 5.18. The molecule has 0 radical (unpaired) electrons. The molecule has 1 aliphatic heterocycles. The smallest absolute Gasteiger partial charge is 0.329 e. The van der Waals surface area contributed by atoms with Crippen LogP contribution >= 0.6 is 0 Å².